The SMILES string of the molecule is CCCC(Cc1c(C2c3ccccc3CC2CCC)ccc(F)c1F)C(=O)Cl. The smallest absolute Gasteiger partial charge is 0.225 e. The second-order valence-corrected chi connectivity index (χ2v) is 8.22. The van der Waals surface area contributed by atoms with Crippen LogP contribution in [0.15, 0.2) is 36.4 Å². The van der Waals surface area contributed by atoms with Crippen molar-refractivity contribution < 1.29 is 13.6 Å². The zero-order valence-corrected chi connectivity index (χ0v) is 17.2. The maximum Gasteiger partial charge on any atom is 0.225 e. The first-order valence-electron chi connectivity index (χ1n) is 10.2. The Balaban J connectivity index is 2.10. The molecule has 0 fully saturated rings. The van der Waals surface area contributed by atoms with Gasteiger partial charge in [0.15, 0.2) is 11.6 Å². The van der Waals surface area contributed by atoms with E-state index in [9.17, 15) is 13.6 Å². The molecular formula is C24H27ClF2O. The van der Waals surface area contributed by atoms with Gasteiger partial charge in [-0.2, -0.15) is 0 Å². The van der Waals surface area contributed by atoms with Crippen molar-refractivity contribution in [3.8, 4) is 0 Å². The van der Waals surface area contributed by atoms with Crippen LogP contribution in [0.2, 0.25) is 0 Å². The largest absolute Gasteiger partial charge is 0.281 e. The van der Waals surface area contributed by atoms with Crippen LogP contribution in [-0.2, 0) is 17.6 Å². The van der Waals surface area contributed by atoms with Crippen molar-refractivity contribution in [2.75, 3.05) is 0 Å². The van der Waals surface area contributed by atoms with Gasteiger partial charge in [0.1, 0.15) is 0 Å². The fourth-order valence-corrected chi connectivity index (χ4v) is 4.92. The van der Waals surface area contributed by atoms with Gasteiger partial charge in [-0.15, -0.1) is 0 Å². The van der Waals surface area contributed by atoms with Crippen LogP contribution in [0.4, 0.5) is 8.78 Å². The third kappa shape index (κ3) is 4.15. The molecule has 3 unspecified atom stereocenters. The number of hydrogen-bond donors (Lipinski definition) is 0. The van der Waals surface area contributed by atoms with Gasteiger partial charge < -0.3 is 0 Å². The number of hydrogen-bond acceptors (Lipinski definition) is 1. The summed E-state index contributed by atoms with van der Waals surface area (Å²) in [6.45, 7) is 4.11. The standard InChI is InChI=1S/C24H27ClF2O/c1-3-7-16-13-15-9-5-6-10-18(15)22(16)19-11-12-21(26)23(27)20(19)14-17(8-4-2)24(25)28/h5-6,9-12,16-17,22H,3-4,7-8,13-14H2,1-2H3. The lowest BCUT2D eigenvalue weighted by Crippen LogP contribution is -2.18. The molecule has 2 aromatic carbocycles. The molecule has 0 bridgehead atoms. The number of carbonyl (C=O) groups excluding carboxylic acids is 1. The fourth-order valence-electron chi connectivity index (χ4n) is 4.74. The van der Waals surface area contributed by atoms with E-state index in [0.29, 0.717) is 17.9 Å². The monoisotopic (exact) mass is 404 g/mol. The van der Waals surface area contributed by atoms with E-state index in [1.54, 1.807) is 6.07 Å². The minimum absolute atomic E-state index is 0.0222. The molecule has 0 heterocycles. The number of carbonyl (C=O) groups is 1. The summed E-state index contributed by atoms with van der Waals surface area (Å²) in [6.07, 6.45) is 4.47. The maximum absolute atomic E-state index is 14.9. The van der Waals surface area contributed by atoms with Crippen LogP contribution in [0.25, 0.3) is 0 Å². The second-order valence-electron chi connectivity index (χ2n) is 7.85. The number of fused-ring (bicyclic) bond motifs is 1. The number of benzene rings is 2. The number of rotatable bonds is 8. The molecule has 3 atom stereocenters. The molecule has 3 rings (SSSR count). The highest BCUT2D eigenvalue weighted by atomic mass is 35.5. The Morgan fingerprint density at radius 2 is 1.86 bits per heavy atom. The molecule has 2 aromatic rings. The molecule has 0 spiro atoms. The third-order valence-electron chi connectivity index (χ3n) is 5.98. The Kier molecular flexibility index (Phi) is 6.87. The van der Waals surface area contributed by atoms with E-state index >= 15 is 0 Å². The van der Waals surface area contributed by atoms with Gasteiger partial charge >= 0.3 is 0 Å². The lowest BCUT2D eigenvalue weighted by atomic mass is 9.79. The van der Waals surface area contributed by atoms with Crippen LogP contribution >= 0.6 is 11.6 Å². The Morgan fingerprint density at radius 1 is 1.11 bits per heavy atom. The topological polar surface area (TPSA) is 17.1 Å². The highest BCUT2D eigenvalue weighted by molar-refractivity contribution is 6.64. The van der Waals surface area contributed by atoms with E-state index in [1.165, 1.54) is 17.2 Å². The summed E-state index contributed by atoms with van der Waals surface area (Å²) in [7, 11) is 0. The van der Waals surface area contributed by atoms with Crippen molar-refractivity contribution in [1.29, 1.82) is 0 Å². The van der Waals surface area contributed by atoms with Gasteiger partial charge in [-0.05, 0) is 71.5 Å². The summed E-state index contributed by atoms with van der Waals surface area (Å²) in [5.41, 5.74) is 3.59. The summed E-state index contributed by atoms with van der Waals surface area (Å²) < 4.78 is 29.1. The molecule has 1 aliphatic carbocycles. The Labute approximate surface area is 171 Å². The average molecular weight is 405 g/mol. The minimum Gasteiger partial charge on any atom is -0.281 e. The van der Waals surface area contributed by atoms with Crippen LogP contribution in [0.5, 0.6) is 0 Å². The van der Waals surface area contributed by atoms with Gasteiger partial charge in [-0.25, -0.2) is 8.78 Å². The zero-order chi connectivity index (χ0) is 20.3. The predicted octanol–water partition coefficient (Wildman–Crippen LogP) is 6.79. The molecule has 0 aliphatic heterocycles. The highest BCUT2D eigenvalue weighted by Gasteiger charge is 2.35. The normalized spacial score (nSPS) is 19.5. The maximum atomic E-state index is 14.9. The lowest BCUT2D eigenvalue weighted by Gasteiger charge is -2.25. The van der Waals surface area contributed by atoms with Gasteiger partial charge in [0.05, 0.1) is 0 Å². The predicted molar refractivity (Wildman–Crippen MR) is 110 cm³/mol. The first kappa shape index (κ1) is 21.0. The van der Waals surface area contributed by atoms with Crippen LogP contribution in [0.1, 0.15) is 67.7 Å². The first-order chi connectivity index (χ1) is 13.5. The molecule has 0 saturated carbocycles. The Bertz CT molecular complexity index is 848. The van der Waals surface area contributed by atoms with Gasteiger partial charge in [0.2, 0.25) is 5.24 Å². The van der Waals surface area contributed by atoms with E-state index in [2.05, 4.69) is 19.1 Å². The Hall–Kier alpha value is -1.74. The van der Waals surface area contributed by atoms with Gasteiger partial charge in [0.25, 0.3) is 0 Å². The molecule has 28 heavy (non-hydrogen) atoms. The van der Waals surface area contributed by atoms with Crippen LogP contribution in [0.3, 0.4) is 0 Å². The molecule has 4 heteroatoms. The first-order valence-corrected chi connectivity index (χ1v) is 10.6. The van der Waals surface area contributed by atoms with Crippen molar-refractivity contribution in [2.24, 2.45) is 11.8 Å². The van der Waals surface area contributed by atoms with Crippen LogP contribution < -0.4 is 0 Å². The van der Waals surface area contributed by atoms with E-state index in [1.807, 2.05) is 19.1 Å². The summed E-state index contributed by atoms with van der Waals surface area (Å²) in [4.78, 5) is 11.9. The minimum atomic E-state index is -0.866. The van der Waals surface area contributed by atoms with Gasteiger partial charge in [-0.1, -0.05) is 57.0 Å². The van der Waals surface area contributed by atoms with Crippen molar-refractivity contribution >= 4 is 16.8 Å². The van der Waals surface area contributed by atoms with Crippen molar-refractivity contribution in [3.05, 3.63) is 70.3 Å². The Morgan fingerprint density at radius 3 is 2.54 bits per heavy atom. The fraction of sp³-hybridized carbons (Fsp3) is 0.458. The van der Waals surface area contributed by atoms with Crippen LogP contribution in [-0.4, -0.2) is 5.24 Å². The van der Waals surface area contributed by atoms with Crippen molar-refractivity contribution in [1.82, 2.24) is 0 Å². The molecule has 0 saturated heterocycles. The third-order valence-corrected chi connectivity index (χ3v) is 6.29. The summed E-state index contributed by atoms with van der Waals surface area (Å²) in [6, 6.07) is 11.2. The average Bonchev–Trinajstić information content (AvgIpc) is 3.03. The van der Waals surface area contributed by atoms with Crippen molar-refractivity contribution in [3.63, 3.8) is 0 Å². The van der Waals surface area contributed by atoms with E-state index in [-0.39, 0.29) is 12.3 Å². The molecule has 0 aromatic heterocycles. The van der Waals surface area contributed by atoms with Crippen LogP contribution in [0, 0.1) is 23.5 Å². The molecular weight excluding hydrogens is 378 g/mol. The molecule has 0 N–H and O–H groups in total. The van der Waals surface area contributed by atoms with Gasteiger partial charge in [0, 0.05) is 11.8 Å². The molecule has 0 amide bonds. The zero-order valence-electron chi connectivity index (χ0n) is 16.5. The van der Waals surface area contributed by atoms with Gasteiger partial charge in [-0.3, -0.25) is 4.79 Å². The van der Waals surface area contributed by atoms with E-state index in [0.717, 1.165) is 31.2 Å². The second kappa shape index (κ2) is 9.17. The van der Waals surface area contributed by atoms with E-state index < -0.39 is 22.8 Å². The quantitative estimate of drug-likeness (QED) is 0.442. The van der Waals surface area contributed by atoms with E-state index in [4.69, 9.17) is 11.6 Å². The number of halogens is 3. The molecule has 0 radical (unpaired) electrons. The summed E-state index contributed by atoms with van der Waals surface area (Å²) >= 11 is 5.78. The molecule has 150 valence electrons. The van der Waals surface area contributed by atoms with Crippen molar-refractivity contribution in [2.45, 2.75) is 58.3 Å². The highest BCUT2D eigenvalue weighted by Crippen LogP contribution is 2.46. The summed E-state index contributed by atoms with van der Waals surface area (Å²) in [5, 5.41) is -0.478. The lowest BCUT2D eigenvalue weighted by molar-refractivity contribution is -0.115. The molecule has 1 aliphatic rings. The molecule has 1 nitrogen and oxygen atoms in total. The summed E-state index contributed by atoms with van der Waals surface area (Å²) in [5.74, 6) is -1.83.